The lowest BCUT2D eigenvalue weighted by Gasteiger charge is -2.31. The van der Waals surface area contributed by atoms with Crippen LogP contribution in [0.5, 0.6) is 0 Å². The number of thiazole rings is 1. The second kappa shape index (κ2) is 11.7. The van der Waals surface area contributed by atoms with E-state index in [1.807, 2.05) is 69.3 Å². The van der Waals surface area contributed by atoms with E-state index < -0.39 is 11.7 Å². The Morgan fingerprint density at radius 2 is 1.81 bits per heavy atom. The maximum Gasteiger partial charge on any atom is 0.413 e. The largest absolute Gasteiger partial charge is 0.445 e. The van der Waals surface area contributed by atoms with Crippen LogP contribution in [0.2, 0.25) is 0 Å². The lowest BCUT2D eigenvalue weighted by molar-refractivity contribution is 0.0474. The van der Waals surface area contributed by atoms with Crippen molar-refractivity contribution in [1.29, 1.82) is 0 Å². The fourth-order valence-corrected chi connectivity index (χ4v) is 4.89. The zero-order valence-electron chi connectivity index (χ0n) is 21.0. The highest BCUT2D eigenvalue weighted by atomic mass is 32.1. The highest BCUT2D eigenvalue weighted by molar-refractivity contribution is 7.22. The molecular formula is C27H33N3O5S. The molecule has 36 heavy (non-hydrogen) atoms. The molecule has 0 unspecified atom stereocenters. The van der Waals surface area contributed by atoms with Crippen LogP contribution in [0.4, 0.5) is 14.7 Å². The van der Waals surface area contributed by atoms with Crippen molar-refractivity contribution in [2.24, 2.45) is 5.92 Å². The molecule has 192 valence electrons. The Balaban J connectivity index is 1.22. The molecule has 1 fully saturated rings. The highest BCUT2D eigenvalue weighted by Gasteiger charge is 2.24. The summed E-state index contributed by atoms with van der Waals surface area (Å²) in [6, 6.07) is 15.6. The van der Waals surface area contributed by atoms with Crippen LogP contribution in [-0.4, -0.2) is 47.4 Å². The number of hydrogen-bond acceptors (Lipinski definition) is 7. The molecule has 0 radical (unpaired) electrons. The van der Waals surface area contributed by atoms with Crippen LogP contribution in [0.1, 0.15) is 44.7 Å². The molecule has 8 nitrogen and oxygen atoms in total. The molecule has 1 aromatic heterocycles. The van der Waals surface area contributed by atoms with E-state index >= 15 is 0 Å². The zero-order chi connectivity index (χ0) is 25.5. The van der Waals surface area contributed by atoms with Crippen LogP contribution in [0.3, 0.4) is 0 Å². The lowest BCUT2D eigenvalue weighted by Crippen LogP contribution is -2.39. The number of amides is 2. The number of carbonyl (C=O) groups is 2. The van der Waals surface area contributed by atoms with Crippen LogP contribution in [-0.2, 0) is 27.4 Å². The number of likely N-dealkylation sites (tertiary alicyclic amines) is 1. The lowest BCUT2D eigenvalue weighted by atomic mass is 9.98. The summed E-state index contributed by atoms with van der Waals surface area (Å²) in [5, 5.41) is 3.22. The van der Waals surface area contributed by atoms with Gasteiger partial charge in [-0.1, -0.05) is 53.8 Å². The third-order valence-corrected chi connectivity index (χ3v) is 6.74. The summed E-state index contributed by atoms with van der Waals surface area (Å²) in [6.45, 7) is 8.15. The van der Waals surface area contributed by atoms with Crippen LogP contribution >= 0.6 is 11.3 Å². The second-order valence-corrected chi connectivity index (χ2v) is 10.9. The fraction of sp³-hybridized carbons (Fsp3) is 0.444. The second-order valence-electron chi connectivity index (χ2n) is 9.90. The van der Waals surface area contributed by atoms with Gasteiger partial charge in [-0.2, -0.15) is 0 Å². The molecule has 4 rings (SSSR count). The molecule has 0 spiro atoms. The topological polar surface area (TPSA) is 90.0 Å². The number of hydrogen-bond donors (Lipinski definition) is 1. The number of nitrogens with one attached hydrogen (secondary N) is 1. The van der Waals surface area contributed by atoms with Crippen LogP contribution in [0.25, 0.3) is 10.2 Å². The van der Waals surface area contributed by atoms with E-state index in [2.05, 4.69) is 10.3 Å². The number of anilines is 1. The quantitative estimate of drug-likeness (QED) is 0.406. The van der Waals surface area contributed by atoms with E-state index in [1.54, 1.807) is 4.90 Å². The van der Waals surface area contributed by atoms with Crippen molar-refractivity contribution in [3.05, 3.63) is 59.7 Å². The van der Waals surface area contributed by atoms with E-state index in [1.165, 1.54) is 11.3 Å². The van der Waals surface area contributed by atoms with Crippen molar-refractivity contribution in [3.8, 4) is 0 Å². The van der Waals surface area contributed by atoms with Crippen molar-refractivity contribution in [1.82, 2.24) is 9.88 Å². The first-order chi connectivity index (χ1) is 17.3. The maximum absolute atomic E-state index is 12.4. The summed E-state index contributed by atoms with van der Waals surface area (Å²) >= 11 is 1.40. The molecule has 1 aliphatic rings. The molecule has 0 atom stereocenters. The normalized spacial score (nSPS) is 14.6. The van der Waals surface area contributed by atoms with Crippen molar-refractivity contribution in [2.75, 3.05) is 25.0 Å². The number of aromatic nitrogens is 1. The van der Waals surface area contributed by atoms with E-state index in [0.717, 1.165) is 34.2 Å². The molecule has 1 aliphatic heterocycles. The van der Waals surface area contributed by atoms with E-state index in [-0.39, 0.29) is 6.09 Å². The third-order valence-electron chi connectivity index (χ3n) is 5.80. The van der Waals surface area contributed by atoms with Crippen molar-refractivity contribution >= 4 is 38.9 Å². The first-order valence-electron chi connectivity index (χ1n) is 12.2. The summed E-state index contributed by atoms with van der Waals surface area (Å²) in [5.41, 5.74) is 2.21. The summed E-state index contributed by atoms with van der Waals surface area (Å²) in [6.07, 6.45) is 0.982. The Morgan fingerprint density at radius 3 is 2.53 bits per heavy atom. The summed E-state index contributed by atoms with van der Waals surface area (Å²) in [7, 11) is 0. The molecular weight excluding hydrogens is 478 g/mol. The predicted octanol–water partition coefficient (Wildman–Crippen LogP) is 6.21. The van der Waals surface area contributed by atoms with Gasteiger partial charge in [0.15, 0.2) is 5.13 Å². The van der Waals surface area contributed by atoms with Gasteiger partial charge in [0.1, 0.15) is 12.2 Å². The van der Waals surface area contributed by atoms with Gasteiger partial charge < -0.3 is 19.1 Å². The SMILES string of the molecule is CC(C)(C)OC(=O)Nc1nc2c(COCC3CCN(C(=O)OCc4ccccc4)CC3)cccc2s1. The van der Waals surface area contributed by atoms with E-state index in [0.29, 0.717) is 44.0 Å². The van der Waals surface area contributed by atoms with E-state index in [4.69, 9.17) is 14.2 Å². The van der Waals surface area contributed by atoms with Gasteiger partial charge >= 0.3 is 12.2 Å². The Labute approximate surface area is 215 Å². The number of rotatable bonds is 7. The van der Waals surface area contributed by atoms with Crippen molar-refractivity contribution < 1.29 is 23.8 Å². The van der Waals surface area contributed by atoms with Crippen molar-refractivity contribution in [2.45, 2.75) is 52.4 Å². The predicted molar refractivity (Wildman–Crippen MR) is 140 cm³/mol. The van der Waals surface area contributed by atoms with Crippen LogP contribution in [0, 0.1) is 5.92 Å². The number of ether oxygens (including phenoxy) is 3. The average Bonchev–Trinajstić information content (AvgIpc) is 3.25. The Kier molecular flexibility index (Phi) is 8.43. The number of benzene rings is 2. The molecule has 3 aromatic rings. The molecule has 0 aliphatic carbocycles. The average molecular weight is 512 g/mol. The van der Waals surface area contributed by atoms with Crippen molar-refractivity contribution in [3.63, 3.8) is 0 Å². The van der Waals surface area contributed by atoms with E-state index in [9.17, 15) is 9.59 Å². The molecule has 9 heteroatoms. The van der Waals surface area contributed by atoms with Gasteiger partial charge in [-0.3, -0.25) is 5.32 Å². The first kappa shape index (κ1) is 25.9. The fourth-order valence-electron chi connectivity index (χ4n) is 3.99. The molecule has 1 N–H and O–H groups in total. The standard InChI is InChI=1S/C27H33N3O5S/c1-27(2,3)35-25(31)29-24-28-23-21(10-7-11-22(23)36-24)18-33-16-20-12-14-30(15-13-20)26(32)34-17-19-8-5-4-6-9-19/h4-11,20H,12-18H2,1-3H3,(H,28,29,31). The van der Waals surface area contributed by atoms with Crippen LogP contribution in [0.15, 0.2) is 48.5 Å². The Hall–Kier alpha value is -3.17. The Bertz CT molecular complexity index is 1170. The monoisotopic (exact) mass is 511 g/mol. The van der Waals surface area contributed by atoms with Gasteiger partial charge in [-0.15, -0.1) is 0 Å². The Morgan fingerprint density at radius 1 is 1.06 bits per heavy atom. The molecule has 2 aromatic carbocycles. The number of para-hydroxylation sites is 1. The number of nitrogens with zero attached hydrogens (tertiary/aromatic N) is 2. The van der Waals surface area contributed by atoms with Gasteiger partial charge in [0.25, 0.3) is 0 Å². The number of piperidine rings is 1. The summed E-state index contributed by atoms with van der Waals surface area (Å²) in [5.74, 6) is 0.391. The molecule has 2 heterocycles. The van der Waals surface area contributed by atoms with Gasteiger partial charge in [-0.25, -0.2) is 14.6 Å². The zero-order valence-corrected chi connectivity index (χ0v) is 21.8. The molecule has 0 saturated carbocycles. The minimum absolute atomic E-state index is 0.260. The number of fused-ring (bicyclic) bond motifs is 1. The smallest absolute Gasteiger partial charge is 0.413 e. The van der Waals surface area contributed by atoms with Gasteiger partial charge in [-0.05, 0) is 51.2 Å². The summed E-state index contributed by atoms with van der Waals surface area (Å²) < 4.78 is 17.8. The van der Waals surface area contributed by atoms with Gasteiger partial charge in [0, 0.05) is 25.3 Å². The number of carbonyl (C=O) groups excluding carboxylic acids is 2. The molecule has 0 bridgehead atoms. The van der Waals surface area contributed by atoms with Gasteiger partial charge in [0.2, 0.25) is 0 Å². The molecule has 1 saturated heterocycles. The minimum Gasteiger partial charge on any atom is -0.445 e. The van der Waals surface area contributed by atoms with Gasteiger partial charge in [0.05, 0.1) is 16.8 Å². The molecule has 2 amide bonds. The first-order valence-corrected chi connectivity index (χ1v) is 13.0. The third kappa shape index (κ3) is 7.41. The summed E-state index contributed by atoms with van der Waals surface area (Å²) in [4.78, 5) is 30.8. The highest BCUT2D eigenvalue weighted by Crippen LogP contribution is 2.29. The van der Waals surface area contributed by atoms with Crippen LogP contribution < -0.4 is 5.32 Å². The maximum atomic E-state index is 12.4. The minimum atomic E-state index is -0.571.